The van der Waals surface area contributed by atoms with E-state index in [1.54, 1.807) is 6.92 Å². The zero-order chi connectivity index (χ0) is 15.2. The molecule has 1 aromatic carbocycles. The largest absolute Gasteiger partial charge is 0.393 e. The number of hydrogen-bond donors (Lipinski definition) is 3. The quantitative estimate of drug-likeness (QED) is 0.742. The van der Waals surface area contributed by atoms with Gasteiger partial charge in [0.2, 0.25) is 5.91 Å². The third-order valence-electron chi connectivity index (χ3n) is 3.94. The molecule has 0 spiro atoms. The molecule has 1 aliphatic heterocycles. The van der Waals surface area contributed by atoms with Crippen molar-refractivity contribution in [3.05, 3.63) is 35.4 Å². The summed E-state index contributed by atoms with van der Waals surface area (Å²) in [5, 5.41) is 12.4. The molecule has 5 heteroatoms. The topological polar surface area (TPSA) is 78.6 Å². The molecule has 1 aliphatic rings. The summed E-state index contributed by atoms with van der Waals surface area (Å²) in [6.07, 6.45) is 1.52. The number of likely N-dealkylation sites (tertiary alicyclic amines) is 1. The van der Waals surface area contributed by atoms with Crippen molar-refractivity contribution in [2.24, 2.45) is 5.73 Å². The van der Waals surface area contributed by atoms with Crippen LogP contribution in [0.15, 0.2) is 24.3 Å². The molecule has 0 bridgehead atoms. The highest BCUT2D eigenvalue weighted by Gasteiger charge is 2.18. The molecule has 0 saturated carbocycles. The van der Waals surface area contributed by atoms with E-state index in [-0.39, 0.29) is 12.0 Å². The van der Waals surface area contributed by atoms with Gasteiger partial charge in [-0.15, -0.1) is 0 Å². The van der Waals surface area contributed by atoms with Crippen LogP contribution in [0.2, 0.25) is 0 Å². The van der Waals surface area contributed by atoms with Crippen molar-refractivity contribution >= 4 is 5.91 Å². The number of carbonyl (C=O) groups excluding carboxylic acids is 1. The number of carbonyl (C=O) groups is 1. The summed E-state index contributed by atoms with van der Waals surface area (Å²) in [4.78, 5) is 13.9. The third-order valence-corrected chi connectivity index (χ3v) is 3.94. The predicted octanol–water partition coefficient (Wildman–Crippen LogP) is 0.607. The maximum atomic E-state index is 11.6. The summed E-state index contributed by atoms with van der Waals surface area (Å²) in [7, 11) is 0. The van der Waals surface area contributed by atoms with Gasteiger partial charge in [0.05, 0.1) is 12.1 Å². The first-order valence-electron chi connectivity index (χ1n) is 7.56. The molecule has 1 heterocycles. The number of piperidine rings is 1. The van der Waals surface area contributed by atoms with Crippen molar-refractivity contribution in [2.75, 3.05) is 13.1 Å². The lowest BCUT2D eigenvalue weighted by atomic mass is 10.0. The van der Waals surface area contributed by atoms with Crippen molar-refractivity contribution in [3.8, 4) is 0 Å². The number of nitrogens with zero attached hydrogens (tertiary/aromatic N) is 1. The number of aliphatic hydroxyl groups is 1. The van der Waals surface area contributed by atoms with Crippen LogP contribution in [0, 0.1) is 0 Å². The average Bonchev–Trinajstić information content (AvgIpc) is 2.48. The summed E-state index contributed by atoms with van der Waals surface area (Å²) >= 11 is 0. The molecular weight excluding hydrogens is 266 g/mol. The van der Waals surface area contributed by atoms with Gasteiger partial charge in [-0.05, 0) is 30.9 Å². The van der Waals surface area contributed by atoms with Crippen LogP contribution in [0.4, 0.5) is 0 Å². The van der Waals surface area contributed by atoms with Crippen LogP contribution in [0.1, 0.15) is 30.9 Å². The van der Waals surface area contributed by atoms with Crippen LogP contribution in [0.25, 0.3) is 0 Å². The summed E-state index contributed by atoms with van der Waals surface area (Å²) in [5.74, 6) is -0.133. The van der Waals surface area contributed by atoms with Crippen LogP contribution in [0.3, 0.4) is 0 Å². The Morgan fingerprint density at radius 3 is 2.62 bits per heavy atom. The molecule has 2 rings (SSSR count). The lowest BCUT2D eigenvalue weighted by Gasteiger charge is -2.30. The van der Waals surface area contributed by atoms with Gasteiger partial charge in [-0.3, -0.25) is 9.69 Å². The molecule has 1 atom stereocenters. The molecule has 1 amide bonds. The monoisotopic (exact) mass is 291 g/mol. The highest BCUT2D eigenvalue weighted by Crippen LogP contribution is 2.16. The number of amides is 1. The van der Waals surface area contributed by atoms with E-state index in [1.807, 2.05) is 18.2 Å². The van der Waals surface area contributed by atoms with Crippen LogP contribution in [-0.4, -0.2) is 41.1 Å². The molecule has 5 nitrogen and oxygen atoms in total. The summed E-state index contributed by atoms with van der Waals surface area (Å²) in [6, 6.07) is 7.65. The summed E-state index contributed by atoms with van der Waals surface area (Å²) in [6.45, 7) is 4.88. The van der Waals surface area contributed by atoms with E-state index >= 15 is 0 Å². The minimum atomic E-state index is -0.485. The Morgan fingerprint density at radius 1 is 1.38 bits per heavy atom. The molecule has 4 N–H and O–H groups in total. The van der Waals surface area contributed by atoms with E-state index in [2.05, 4.69) is 16.3 Å². The molecule has 0 aliphatic carbocycles. The number of benzene rings is 1. The lowest BCUT2D eigenvalue weighted by molar-refractivity contribution is -0.122. The van der Waals surface area contributed by atoms with E-state index in [0.29, 0.717) is 6.54 Å². The van der Waals surface area contributed by atoms with Gasteiger partial charge in [-0.2, -0.15) is 0 Å². The van der Waals surface area contributed by atoms with E-state index < -0.39 is 6.04 Å². The average molecular weight is 291 g/mol. The second kappa shape index (κ2) is 7.54. The number of aliphatic hydroxyl groups excluding tert-OH is 1. The van der Waals surface area contributed by atoms with Gasteiger partial charge in [0, 0.05) is 26.2 Å². The zero-order valence-electron chi connectivity index (χ0n) is 12.6. The molecule has 1 fully saturated rings. The first kappa shape index (κ1) is 15.9. The van der Waals surface area contributed by atoms with E-state index in [1.165, 1.54) is 5.56 Å². The van der Waals surface area contributed by atoms with Gasteiger partial charge in [-0.25, -0.2) is 0 Å². The molecule has 0 unspecified atom stereocenters. The first-order valence-corrected chi connectivity index (χ1v) is 7.56. The lowest BCUT2D eigenvalue weighted by Crippen LogP contribution is -2.38. The maximum absolute atomic E-state index is 11.6. The Bertz CT molecular complexity index is 468. The molecule has 1 saturated heterocycles. The molecule has 116 valence electrons. The van der Waals surface area contributed by atoms with Crippen LogP contribution in [-0.2, 0) is 17.9 Å². The predicted molar refractivity (Wildman–Crippen MR) is 82.5 cm³/mol. The number of nitrogens with two attached hydrogens (primary N) is 1. The molecule has 0 aromatic heterocycles. The summed E-state index contributed by atoms with van der Waals surface area (Å²) < 4.78 is 0. The fourth-order valence-electron chi connectivity index (χ4n) is 2.55. The number of nitrogens with one attached hydrogen (secondary N) is 1. The number of rotatable bonds is 5. The molecular formula is C16H25N3O2. The van der Waals surface area contributed by atoms with Crippen molar-refractivity contribution in [1.29, 1.82) is 0 Å². The minimum absolute atomic E-state index is 0.133. The van der Waals surface area contributed by atoms with Crippen molar-refractivity contribution in [3.63, 3.8) is 0 Å². The van der Waals surface area contributed by atoms with Crippen molar-refractivity contribution < 1.29 is 9.90 Å². The van der Waals surface area contributed by atoms with Crippen LogP contribution in [0.5, 0.6) is 0 Å². The third kappa shape index (κ3) is 4.81. The van der Waals surface area contributed by atoms with Gasteiger partial charge >= 0.3 is 0 Å². The van der Waals surface area contributed by atoms with Crippen molar-refractivity contribution in [1.82, 2.24) is 10.2 Å². The van der Waals surface area contributed by atoms with Gasteiger partial charge < -0.3 is 16.2 Å². The molecule has 1 aromatic rings. The van der Waals surface area contributed by atoms with Gasteiger partial charge in [0.1, 0.15) is 0 Å². The SMILES string of the molecule is C[C@@H](N)C(=O)NCc1ccccc1CN1CCC(O)CC1. The van der Waals surface area contributed by atoms with E-state index in [9.17, 15) is 9.90 Å². The fourth-order valence-corrected chi connectivity index (χ4v) is 2.55. The standard InChI is InChI=1S/C16H25N3O2/c1-12(17)16(21)18-10-13-4-2-3-5-14(13)11-19-8-6-15(20)7-9-19/h2-5,12,15,20H,6-11,17H2,1H3,(H,18,21)/t12-/m1/s1. The summed E-state index contributed by atoms with van der Waals surface area (Å²) in [5.41, 5.74) is 7.90. The van der Waals surface area contributed by atoms with Gasteiger partial charge in [0.25, 0.3) is 0 Å². The van der Waals surface area contributed by atoms with Crippen LogP contribution < -0.4 is 11.1 Å². The van der Waals surface area contributed by atoms with Crippen molar-refractivity contribution in [2.45, 2.75) is 45.0 Å². The maximum Gasteiger partial charge on any atom is 0.236 e. The Balaban J connectivity index is 1.95. The Labute approximate surface area is 126 Å². The highest BCUT2D eigenvalue weighted by atomic mass is 16.3. The Morgan fingerprint density at radius 2 is 2.00 bits per heavy atom. The second-order valence-corrected chi connectivity index (χ2v) is 5.78. The smallest absolute Gasteiger partial charge is 0.236 e. The fraction of sp³-hybridized carbons (Fsp3) is 0.562. The van der Waals surface area contributed by atoms with E-state index in [0.717, 1.165) is 38.0 Å². The van der Waals surface area contributed by atoms with Gasteiger partial charge in [-0.1, -0.05) is 24.3 Å². The Kier molecular flexibility index (Phi) is 5.73. The van der Waals surface area contributed by atoms with Gasteiger partial charge in [0.15, 0.2) is 0 Å². The van der Waals surface area contributed by atoms with Crippen LogP contribution >= 0.6 is 0 Å². The first-order chi connectivity index (χ1) is 10.1. The zero-order valence-corrected chi connectivity index (χ0v) is 12.6. The number of hydrogen-bond acceptors (Lipinski definition) is 4. The highest BCUT2D eigenvalue weighted by molar-refractivity contribution is 5.80. The molecule has 0 radical (unpaired) electrons. The normalized spacial score (nSPS) is 18.4. The second-order valence-electron chi connectivity index (χ2n) is 5.78. The van der Waals surface area contributed by atoms with E-state index in [4.69, 9.17) is 5.73 Å². The molecule has 21 heavy (non-hydrogen) atoms. The Hall–Kier alpha value is -1.43. The minimum Gasteiger partial charge on any atom is -0.393 e.